The molecule has 0 spiro atoms. The monoisotopic (exact) mass is 295 g/mol. The maximum absolute atomic E-state index is 5.66. The molecule has 2 nitrogen and oxygen atoms in total. The summed E-state index contributed by atoms with van der Waals surface area (Å²) in [4.78, 5) is 0. The van der Waals surface area contributed by atoms with Gasteiger partial charge in [-0.15, -0.1) is 0 Å². The smallest absolute Gasteiger partial charge is 0.138 e. The summed E-state index contributed by atoms with van der Waals surface area (Å²) in [7, 11) is 0. The third-order valence-corrected chi connectivity index (χ3v) is 3.41. The molecule has 0 radical (unpaired) electrons. The molecule has 0 amide bonds. The highest BCUT2D eigenvalue weighted by molar-refractivity contribution is 9.10. The van der Waals surface area contributed by atoms with Crippen molar-refractivity contribution < 1.29 is 4.42 Å². The minimum Gasteiger partial charge on any atom is -0.464 e. The maximum atomic E-state index is 5.66. The fourth-order valence-electron chi connectivity index (χ4n) is 1.79. The van der Waals surface area contributed by atoms with E-state index in [0.717, 1.165) is 16.6 Å². The van der Waals surface area contributed by atoms with Gasteiger partial charge in [0.1, 0.15) is 5.58 Å². The van der Waals surface area contributed by atoms with E-state index in [1.54, 1.807) is 0 Å². The SMILES string of the molecule is Cc1ccc(Br)c2c(CNC(C)(C)C)coc12. The molecule has 17 heavy (non-hydrogen) atoms. The van der Waals surface area contributed by atoms with Gasteiger partial charge in [-0.05, 0) is 39.3 Å². The van der Waals surface area contributed by atoms with Gasteiger partial charge in [0.15, 0.2) is 0 Å². The minimum absolute atomic E-state index is 0.111. The standard InChI is InChI=1S/C14H18BrNO/c1-9-5-6-11(15)12-10(8-17-13(9)12)7-16-14(2,3)4/h5-6,8,16H,7H2,1-4H3. The summed E-state index contributed by atoms with van der Waals surface area (Å²) in [5.74, 6) is 0. The molecule has 0 aliphatic heterocycles. The number of halogens is 1. The second-order valence-corrected chi connectivity index (χ2v) is 6.29. The largest absolute Gasteiger partial charge is 0.464 e. The molecule has 0 saturated carbocycles. The second kappa shape index (κ2) is 4.46. The van der Waals surface area contributed by atoms with Crippen molar-refractivity contribution in [2.45, 2.75) is 39.8 Å². The van der Waals surface area contributed by atoms with Gasteiger partial charge in [0.25, 0.3) is 0 Å². The van der Waals surface area contributed by atoms with Crippen LogP contribution < -0.4 is 5.32 Å². The van der Waals surface area contributed by atoms with Gasteiger partial charge in [0.05, 0.1) is 6.26 Å². The third-order valence-electron chi connectivity index (χ3n) is 2.75. The molecule has 0 fully saturated rings. The van der Waals surface area contributed by atoms with E-state index in [0.29, 0.717) is 0 Å². The normalized spacial score (nSPS) is 12.3. The van der Waals surface area contributed by atoms with Crippen molar-refractivity contribution in [3.05, 3.63) is 34.0 Å². The Balaban J connectivity index is 2.39. The highest BCUT2D eigenvalue weighted by Crippen LogP contribution is 2.31. The second-order valence-electron chi connectivity index (χ2n) is 5.43. The molecule has 0 atom stereocenters. The van der Waals surface area contributed by atoms with Gasteiger partial charge in [-0.2, -0.15) is 0 Å². The maximum Gasteiger partial charge on any atom is 0.138 e. The van der Waals surface area contributed by atoms with Gasteiger partial charge in [-0.3, -0.25) is 0 Å². The molecule has 0 unspecified atom stereocenters. The lowest BCUT2D eigenvalue weighted by atomic mass is 10.1. The quantitative estimate of drug-likeness (QED) is 0.889. The number of nitrogens with one attached hydrogen (secondary N) is 1. The lowest BCUT2D eigenvalue weighted by Crippen LogP contribution is -2.34. The van der Waals surface area contributed by atoms with Crippen molar-refractivity contribution in [1.29, 1.82) is 0 Å². The van der Waals surface area contributed by atoms with Gasteiger partial charge in [-0.1, -0.05) is 22.0 Å². The molecule has 2 rings (SSSR count). The number of aryl methyl sites for hydroxylation is 1. The van der Waals surface area contributed by atoms with E-state index < -0.39 is 0 Å². The van der Waals surface area contributed by atoms with E-state index in [-0.39, 0.29) is 5.54 Å². The third kappa shape index (κ3) is 2.72. The van der Waals surface area contributed by atoms with Gasteiger partial charge in [0, 0.05) is 27.5 Å². The summed E-state index contributed by atoms with van der Waals surface area (Å²) in [6.45, 7) is 9.37. The number of furan rings is 1. The molecule has 1 aromatic heterocycles. The number of hydrogen-bond acceptors (Lipinski definition) is 2. The summed E-state index contributed by atoms with van der Waals surface area (Å²) in [5, 5.41) is 4.66. The van der Waals surface area contributed by atoms with Crippen LogP contribution >= 0.6 is 15.9 Å². The number of hydrogen-bond donors (Lipinski definition) is 1. The number of benzene rings is 1. The van der Waals surface area contributed by atoms with Gasteiger partial charge < -0.3 is 9.73 Å². The zero-order chi connectivity index (χ0) is 12.6. The van der Waals surface area contributed by atoms with E-state index in [9.17, 15) is 0 Å². The van der Waals surface area contributed by atoms with Crippen LogP contribution in [0.1, 0.15) is 31.9 Å². The van der Waals surface area contributed by atoms with Crippen molar-refractivity contribution in [3.63, 3.8) is 0 Å². The Morgan fingerprint density at radius 1 is 1.29 bits per heavy atom. The lowest BCUT2D eigenvalue weighted by Gasteiger charge is -2.20. The first-order valence-electron chi connectivity index (χ1n) is 5.79. The Morgan fingerprint density at radius 2 is 2.00 bits per heavy atom. The van der Waals surface area contributed by atoms with Crippen LogP contribution in [0, 0.1) is 6.92 Å². The molecular weight excluding hydrogens is 278 g/mol. The molecule has 1 N–H and O–H groups in total. The van der Waals surface area contributed by atoms with Crippen LogP contribution in [0.15, 0.2) is 27.3 Å². The van der Waals surface area contributed by atoms with Gasteiger partial charge >= 0.3 is 0 Å². The first-order valence-corrected chi connectivity index (χ1v) is 6.58. The average molecular weight is 296 g/mol. The number of rotatable bonds is 2. The van der Waals surface area contributed by atoms with Crippen LogP contribution in [0.3, 0.4) is 0 Å². The van der Waals surface area contributed by atoms with Gasteiger partial charge in [-0.25, -0.2) is 0 Å². The van der Waals surface area contributed by atoms with Crippen molar-refractivity contribution in [2.24, 2.45) is 0 Å². The zero-order valence-corrected chi connectivity index (χ0v) is 12.3. The molecule has 3 heteroatoms. The Kier molecular flexibility index (Phi) is 3.32. The molecule has 0 aliphatic carbocycles. The molecule has 0 bridgehead atoms. The topological polar surface area (TPSA) is 25.2 Å². The van der Waals surface area contributed by atoms with Crippen LogP contribution in [0.5, 0.6) is 0 Å². The van der Waals surface area contributed by atoms with Gasteiger partial charge in [0.2, 0.25) is 0 Å². The Bertz CT molecular complexity index is 537. The Morgan fingerprint density at radius 3 is 2.65 bits per heavy atom. The van der Waals surface area contributed by atoms with Crippen LogP contribution in [0.25, 0.3) is 11.0 Å². The summed E-state index contributed by atoms with van der Waals surface area (Å²) in [6.07, 6.45) is 1.85. The van der Waals surface area contributed by atoms with E-state index in [2.05, 4.69) is 61.1 Å². The number of fused-ring (bicyclic) bond motifs is 1. The Labute approximate surface area is 111 Å². The van der Waals surface area contributed by atoms with E-state index in [1.165, 1.54) is 16.5 Å². The van der Waals surface area contributed by atoms with E-state index in [1.807, 2.05) is 6.26 Å². The highest BCUT2D eigenvalue weighted by atomic mass is 79.9. The van der Waals surface area contributed by atoms with Crippen LogP contribution in [0.4, 0.5) is 0 Å². The fraction of sp³-hybridized carbons (Fsp3) is 0.429. The Hall–Kier alpha value is -0.800. The van der Waals surface area contributed by atoms with E-state index in [4.69, 9.17) is 4.42 Å². The molecule has 2 aromatic rings. The molecule has 0 aliphatic rings. The summed E-state index contributed by atoms with van der Waals surface area (Å²) >= 11 is 3.59. The fourth-order valence-corrected chi connectivity index (χ4v) is 2.36. The molecule has 0 saturated heterocycles. The van der Waals surface area contributed by atoms with Crippen LogP contribution in [0.2, 0.25) is 0 Å². The predicted octanol–water partition coefficient (Wildman–Crippen LogP) is 4.39. The zero-order valence-electron chi connectivity index (χ0n) is 10.7. The van der Waals surface area contributed by atoms with Crippen molar-refractivity contribution in [1.82, 2.24) is 5.32 Å². The van der Waals surface area contributed by atoms with Crippen molar-refractivity contribution >= 4 is 26.9 Å². The van der Waals surface area contributed by atoms with Crippen LogP contribution in [-0.4, -0.2) is 5.54 Å². The van der Waals surface area contributed by atoms with Crippen molar-refractivity contribution in [2.75, 3.05) is 0 Å². The predicted molar refractivity (Wildman–Crippen MR) is 75.2 cm³/mol. The molecule has 1 aromatic carbocycles. The van der Waals surface area contributed by atoms with Crippen molar-refractivity contribution in [3.8, 4) is 0 Å². The highest BCUT2D eigenvalue weighted by Gasteiger charge is 2.14. The summed E-state index contributed by atoms with van der Waals surface area (Å²) in [5.41, 5.74) is 3.46. The lowest BCUT2D eigenvalue weighted by molar-refractivity contribution is 0.423. The average Bonchev–Trinajstić information content (AvgIpc) is 2.64. The van der Waals surface area contributed by atoms with Crippen LogP contribution in [-0.2, 0) is 6.54 Å². The van der Waals surface area contributed by atoms with E-state index >= 15 is 0 Å². The molecular formula is C14H18BrNO. The molecule has 92 valence electrons. The summed E-state index contributed by atoms with van der Waals surface area (Å²) in [6, 6.07) is 4.14. The molecule has 1 heterocycles. The minimum atomic E-state index is 0.111. The first kappa shape index (κ1) is 12.7. The first-order chi connectivity index (χ1) is 7.88. The summed E-state index contributed by atoms with van der Waals surface area (Å²) < 4.78 is 6.75.